The summed E-state index contributed by atoms with van der Waals surface area (Å²) in [6.07, 6.45) is 1.63. The third-order valence-electron chi connectivity index (χ3n) is 4.08. The molecule has 0 aliphatic rings. The number of nitrogens with zero attached hydrogens (tertiary/aromatic N) is 3. The van der Waals surface area contributed by atoms with Gasteiger partial charge in [-0.15, -0.1) is 0 Å². The summed E-state index contributed by atoms with van der Waals surface area (Å²) < 4.78 is 7.27. The maximum Gasteiger partial charge on any atom is 0.274 e. The fourth-order valence-corrected chi connectivity index (χ4v) is 2.81. The van der Waals surface area contributed by atoms with Crippen LogP contribution in [0.4, 0.5) is 0 Å². The van der Waals surface area contributed by atoms with Crippen molar-refractivity contribution in [3.05, 3.63) is 59.3 Å². The third-order valence-corrected chi connectivity index (χ3v) is 4.08. The maximum absolute atomic E-state index is 12.6. The van der Waals surface area contributed by atoms with Crippen molar-refractivity contribution < 1.29 is 9.53 Å². The molecule has 0 aliphatic heterocycles. The minimum Gasteiger partial charge on any atom is -0.494 e. The fraction of sp³-hybridized carbons (Fsp3) is 0.316. The number of carbonyl (C=O) groups excluding carboxylic acids is 1. The quantitative estimate of drug-likeness (QED) is 0.775. The summed E-state index contributed by atoms with van der Waals surface area (Å²) in [5.41, 5.74) is 3.77. The number of rotatable bonds is 5. The fourth-order valence-electron chi connectivity index (χ4n) is 2.81. The lowest BCUT2D eigenvalue weighted by molar-refractivity contribution is 0.0937. The number of benzene rings is 1. The van der Waals surface area contributed by atoms with Gasteiger partial charge in [-0.1, -0.05) is 12.1 Å². The molecule has 0 spiro atoms. The molecule has 6 heteroatoms. The molecular formula is C19H22N4O2. The normalized spacial score (nSPS) is 12.2. The number of hydrogen-bond acceptors (Lipinski definition) is 4. The number of amides is 1. The Bertz CT molecular complexity index is 900. The van der Waals surface area contributed by atoms with Crippen molar-refractivity contribution in [3.63, 3.8) is 0 Å². The van der Waals surface area contributed by atoms with Crippen molar-refractivity contribution in [2.24, 2.45) is 0 Å². The lowest BCUT2D eigenvalue weighted by Crippen LogP contribution is -2.27. The molecule has 2 heterocycles. The lowest BCUT2D eigenvalue weighted by Gasteiger charge is -2.14. The van der Waals surface area contributed by atoms with Gasteiger partial charge in [0.2, 0.25) is 0 Å². The predicted molar refractivity (Wildman–Crippen MR) is 96.0 cm³/mol. The van der Waals surface area contributed by atoms with Crippen LogP contribution in [0.15, 0.2) is 36.7 Å². The molecule has 6 nitrogen and oxygen atoms in total. The van der Waals surface area contributed by atoms with E-state index in [4.69, 9.17) is 4.74 Å². The van der Waals surface area contributed by atoms with Crippen LogP contribution in [-0.4, -0.2) is 26.9 Å². The molecule has 1 aromatic carbocycles. The molecule has 130 valence electrons. The second kappa shape index (κ2) is 6.93. The Labute approximate surface area is 146 Å². The molecule has 2 aromatic heterocycles. The first-order chi connectivity index (χ1) is 12.0. The van der Waals surface area contributed by atoms with Gasteiger partial charge in [-0.05, 0) is 51.5 Å². The molecule has 0 bridgehead atoms. The van der Waals surface area contributed by atoms with E-state index in [1.807, 2.05) is 62.4 Å². The van der Waals surface area contributed by atoms with Crippen LogP contribution < -0.4 is 10.1 Å². The molecule has 0 fully saturated rings. The van der Waals surface area contributed by atoms with Crippen molar-refractivity contribution in [2.45, 2.75) is 33.7 Å². The smallest absolute Gasteiger partial charge is 0.274 e. The van der Waals surface area contributed by atoms with Crippen LogP contribution in [0, 0.1) is 13.8 Å². The molecular weight excluding hydrogens is 316 g/mol. The van der Waals surface area contributed by atoms with E-state index < -0.39 is 0 Å². The molecule has 0 saturated carbocycles. The van der Waals surface area contributed by atoms with Gasteiger partial charge in [0.25, 0.3) is 5.91 Å². The van der Waals surface area contributed by atoms with Gasteiger partial charge < -0.3 is 10.1 Å². The minimum atomic E-state index is -0.235. The molecule has 1 amide bonds. The Morgan fingerprint density at radius 1 is 1.28 bits per heavy atom. The number of aromatic nitrogens is 3. The van der Waals surface area contributed by atoms with Crippen molar-refractivity contribution in [2.75, 3.05) is 6.61 Å². The second-order valence-corrected chi connectivity index (χ2v) is 6.02. The van der Waals surface area contributed by atoms with E-state index in [9.17, 15) is 4.79 Å². The second-order valence-electron chi connectivity index (χ2n) is 6.02. The summed E-state index contributed by atoms with van der Waals surface area (Å²) in [6, 6.07) is 9.52. The van der Waals surface area contributed by atoms with Crippen molar-refractivity contribution in [3.8, 4) is 5.75 Å². The average Bonchev–Trinajstić information content (AvgIpc) is 3.00. The minimum absolute atomic E-state index is 0.147. The van der Waals surface area contributed by atoms with Gasteiger partial charge >= 0.3 is 0 Å². The molecule has 3 rings (SSSR count). The highest BCUT2D eigenvalue weighted by Gasteiger charge is 2.18. The first kappa shape index (κ1) is 17.0. The van der Waals surface area contributed by atoms with Crippen LogP contribution in [0.1, 0.15) is 47.3 Å². The monoisotopic (exact) mass is 338 g/mol. The van der Waals surface area contributed by atoms with Crippen LogP contribution in [0.25, 0.3) is 5.65 Å². The van der Waals surface area contributed by atoms with E-state index in [2.05, 4.69) is 15.3 Å². The molecule has 1 N–H and O–H groups in total. The van der Waals surface area contributed by atoms with Gasteiger partial charge in [0.15, 0.2) is 11.3 Å². The Morgan fingerprint density at radius 3 is 2.68 bits per heavy atom. The number of hydrogen-bond donors (Lipinski definition) is 1. The number of ether oxygens (including phenoxy) is 1. The first-order valence-corrected chi connectivity index (χ1v) is 8.34. The van der Waals surface area contributed by atoms with E-state index in [1.165, 1.54) is 0 Å². The predicted octanol–water partition coefficient (Wildman–Crippen LogP) is 3.24. The SMILES string of the molecule is CCOc1ccc(C(C)NC(=O)c2ncn3c(C)cc(C)nc23)cc1. The molecule has 0 saturated heterocycles. The number of aryl methyl sites for hydroxylation is 2. The van der Waals surface area contributed by atoms with E-state index >= 15 is 0 Å². The standard InChI is InChI=1S/C19H22N4O2/c1-5-25-16-8-6-15(7-9-16)14(4)22-19(24)17-18-21-12(2)10-13(3)23(18)11-20-17/h6-11,14H,5H2,1-4H3,(H,22,24). The van der Waals surface area contributed by atoms with Crippen molar-refractivity contribution >= 4 is 11.6 Å². The first-order valence-electron chi connectivity index (χ1n) is 8.34. The highest BCUT2D eigenvalue weighted by atomic mass is 16.5. The summed E-state index contributed by atoms with van der Waals surface area (Å²) in [4.78, 5) is 21.3. The zero-order valence-electron chi connectivity index (χ0n) is 14.9. The van der Waals surface area contributed by atoms with Gasteiger partial charge in [-0.3, -0.25) is 9.20 Å². The van der Waals surface area contributed by atoms with Crippen LogP contribution in [-0.2, 0) is 0 Å². The lowest BCUT2D eigenvalue weighted by atomic mass is 10.1. The van der Waals surface area contributed by atoms with E-state index in [-0.39, 0.29) is 11.9 Å². The van der Waals surface area contributed by atoms with Crippen molar-refractivity contribution in [1.82, 2.24) is 19.7 Å². The molecule has 3 aromatic rings. The van der Waals surface area contributed by atoms with Crippen LogP contribution in [0.2, 0.25) is 0 Å². The van der Waals surface area contributed by atoms with Crippen molar-refractivity contribution in [1.29, 1.82) is 0 Å². The Morgan fingerprint density at radius 2 is 2.00 bits per heavy atom. The number of fused-ring (bicyclic) bond motifs is 1. The van der Waals surface area contributed by atoms with E-state index in [0.717, 1.165) is 22.7 Å². The van der Waals surface area contributed by atoms with Gasteiger partial charge in [0.1, 0.15) is 12.1 Å². The molecule has 25 heavy (non-hydrogen) atoms. The van der Waals surface area contributed by atoms with Gasteiger partial charge in [-0.25, -0.2) is 9.97 Å². The highest BCUT2D eigenvalue weighted by Crippen LogP contribution is 2.19. The highest BCUT2D eigenvalue weighted by molar-refractivity contribution is 5.98. The van der Waals surface area contributed by atoms with E-state index in [0.29, 0.717) is 17.9 Å². The number of carbonyl (C=O) groups is 1. The largest absolute Gasteiger partial charge is 0.494 e. The summed E-state index contributed by atoms with van der Waals surface area (Å²) in [7, 11) is 0. The van der Waals surface area contributed by atoms with Gasteiger partial charge in [-0.2, -0.15) is 0 Å². The number of imidazole rings is 1. The Kier molecular flexibility index (Phi) is 4.70. The summed E-state index contributed by atoms with van der Waals surface area (Å²) in [5.74, 6) is 0.585. The van der Waals surface area contributed by atoms with Gasteiger partial charge in [0, 0.05) is 11.4 Å². The zero-order chi connectivity index (χ0) is 18.0. The zero-order valence-corrected chi connectivity index (χ0v) is 14.9. The molecule has 0 radical (unpaired) electrons. The van der Waals surface area contributed by atoms with E-state index in [1.54, 1.807) is 6.33 Å². The van der Waals surface area contributed by atoms with Crippen LogP contribution >= 0.6 is 0 Å². The van der Waals surface area contributed by atoms with Crippen LogP contribution in [0.5, 0.6) is 5.75 Å². The average molecular weight is 338 g/mol. The topological polar surface area (TPSA) is 68.5 Å². The van der Waals surface area contributed by atoms with Crippen LogP contribution in [0.3, 0.4) is 0 Å². The summed E-state index contributed by atoms with van der Waals surface area (Å²) >= 11 is 0. The third kappa shape index (κ3) is 3.47. The number of nitrogens with one attached hydrogen (secondary N) is 1. The Hall–Kier alpha value is -2.89. The Balaban J connectivity index is 1.80. The maximum atomic E-state index is 12.6. The molecule has 1 atom stereocenters. The molecule has 1 unspecified atom stereocenters. The summed E-state index contributed by atoms with van der Waals surface area (Å²) in [6.45, 7) is 8.39. The summed E-state index contributed by atoms with van der Waals surface area (Å²) in [5, 5.41) is 2.99. The van der Waals surface area contributed by atoms with Gasteiger partial charge in [0.05, 0.1) is 12.6 Å². The molecule has 0 aliphatic carbocycles.